The van der Waals surface area contributed by atoms with Crippen molar-refractivity contribution in [1.82, 2.24) is 10.3 Å². The van der Waals surface area contributed by atoms with Crippen LogP contribution in [0, 0.1) is 0 Å². The first kappa shape index (κ1) is 19.4. The lowest BCUT2D eigenvalue weighted by Gasteiger charge is -2.23. The van der Waals surface area contributed by atoms with Gasteiger partial charge in [-0.25, -0.2) is 0 Å². The van der Waals surface area contributed by atoms with Gasteiger partial charge >= 0.3 is 0 Å². The van der Waals surface area contributed by atoms with Crippen molar-refractivity contribution in [3.8, 4) is 5.75 Å². The highest BCUT2D eigenvalue weighted by atomic mass is 16.5. The van der Waals surface area contributed by atoms with Crippen LogP contribution >= 0.6 is 0 Å². The fraction of sp³-hybridized carbons (Fsp3) is 0.280. The molecule has 1 N–H and O–H groups in total. The van der Waals surface area contributed by atoms with Crippen LogP contribution in [0.4, 0.5) is 6.01 Å². The highest BCUT2D eigenvalue weighted by Crippen LogP contribution is 2.30. The number of carbonyl (C=O) groups excluding carboxylic acids is 1. The van der Waals surface area contributed by atoms with Gasteiger partial charge in [0.1, 0.15) is 11.3 Å². The molecule has 0 spiro atoms. The third-order valence-corrected chi connectivity index (χ3v) is 5.82. The second kappa shape index (κ2) is 8.30. The Hall–Kier alpha value is -3.54. The van der Waals surface area contributed by atoms with E-state index in [9.17, 15) is 4.79 Å². The molecule has 1 aliphatic rings. The van der Waals surface area contributed by atoms with E-state index in [0.29, 0.717) is 30.5 Å². The number of nitrogens with one attached hydrogen (secondary N) is 1. The van der Waals surface area contributed by atoms with Crippen LogP contribution in [0.2, 0.25) is 0 Å². The van der Waals surface area contributed by atoms with Crippen molar-refractivity contribution in [3.05, 3.63) is 66.2 Å². The first-order valence-corrected chi connectivity index (χ1v) is 10.8. The summed E-state index contributed by atoms with van der Waals surface area (Å²) < 4.78 is 11.7. The summed E-state index contributed by atoms with van der Waals surface area (Å²) in [6.07, 6.45) is 2.02. The number of benzene rings is 3. The lowest BCUT2D eigenvalue weighted by Crippen LogP contribution is -2.40. The minimum atomic E-state index is -0.121. The molecule has 6 heteroatoms. The number of anilines is 1. The maximum absolute atomic E-state index is 13.2. The number of carbonyl (C=O) groups is 1. The highest BCUT2D eigenvalue weighted by molar-refractivity contribution is 6.09. The maximum Gasteiger partial charge on any atom is 0.298 e. The lowest BCUT2D eigenvalue weighted by atomic mass is 10.0. The predicted molar refractivity (Wildman–Crippen MR) is 122 cm³/mol. The zero-order valence-corrected chi connectivity index (χ0v) is 17.5. The monoisotopic (exact) mass is 415 g/mol. The summed E-state index contributed by atoms with van der Waals surface area (Å²) in [7, 11) is 0. The standard InChI is InChI=1S/C25H25N3O3/c1-2-30-22-14-13-17-8-3-4-10-19(17)23(22)24(29)26-16-18-9-7-15-28(18)25-27-20-11-5-6-12-21(20)31-25/h3-6,8,10-14,18H,2,7,9,15-16H2,1H3,(H,26,29). The summed E-state index contributed by atoms with van der Waals surface area (Å²) in [6, 6.07) is 20.3. The molecular formula is C25H25N3O3. The van der Waals surface area contributed by atoms with E-state index in [1.807, 2.05) is 67.6 Å². The van der Waals surface area contributed by atoms with Crippen LogP contribution in [0.1, 0.15) is 30.1 Å². The number of aromatic nitrogens is 1. The van der Waals surface area contributed by atoms with Crippen molar-refractivity contribution in [1.29, 1.82) is 0 Å². The van der Waals surface area contributed by atoms with Crippen LogP contribution in [0.5, 0.6) is 5.75 Å². The van der Waals surface area contributed by atoms with E-state index in [0.717, 1.165) is 41.3 Å². The Morgan fingerprint density at radius 2 is 2.00 bits per heavy atom. The van der Waals surface area contributed by atoms with Crippen molar-refractivity contribution in [3.63, 3.8) is 0 Å². The van der Waals surface area contributed by atoms with E-state index in [4.69, 9.17) is 9.15 Å². The molecule has 1 atom stereocenters. The van der Waals surface area contributed by atoms with Gasteiger partial charge in [-0.05, 0) is 48.7 Å². The van der Waals surface area contributed by atoms with Crippen LogP contribution in [0.3, 0.4) is 0 Å². The van der Waals surface area contributed by atoms with Gasteiger partial charge in [0.05, 0.1) is 18.2 Å². The van der Waals surface area contributed by atoms with Gasteiger partial charge in [0.25, 0.3) is 11.9 Å². The summed E-state index contributed by atoms with van der Waals surface area (Å²) in [6.45, 7) is 3.82. The Labute approximate surface area is 180 Å². The third kappa shape index (κ3) is 3.69. The van der Waals surface area contributed by atoms with E-state index in [2.05, 4.69) is 15.2 Å². The molecule has 1 saturated heterocycles. The smallest absolute Gasteiger partial charge is 0.298 e. The van der Waals surface area contributed by atoms with Crippen molar-refractivity contribution in [2.45, 2.75) is 25.8 Å². The fourth-order valence-electron chi connectivity index (χ4n) is 4.34. The van der Waals surface area contributed by atoms with Crippen molar-refractivity contribution in [2.24, 2.45) is 0 Å². The van der Waals surface area contributed by atoms with Crippen LogP contribution in [-0.4, -0.2) is 36.6 Å². The molecule has 1 fully saturated rings. The Morgan fingerprint density at radius 1 is 1.16 bits per heavy atom. The molecule has 1 aliphatic heterocycles. The molecule has 5 rings (SSSR count). The summed E-state index contributed by atoms with van der Waals surface area (Å²) in [5.41, 5.74) is 2.22. The number of oxazole rings is 1. The summed E-state index contributed by atoms with van der Waals surface area (Å²) in [4.78, 5) is 20.0. The zero-order valence-electron chi connectivity index (χ0n) is 17.5. The Kier molecular flexibility index (Phi) is 5.20. The Balaban J connectivity index is 1.37. The number of amides is 1. The normalized spacial score (nSPS) is 16.2. The molecule has 1 unspecified atom stereocenters. The number of fused-ring (bicyclic) bond motifs is 2. The first-order valence-electron chi connectivity index (χ1n) is 10.8. The second-order valence-corrected chi connectivity index (χ2v) is 7.76. The molecule has 0 saturated carbocycles. The van der Waals surface area contributed by atoms with E-state index in [1.54, 1.807) is 0 Å². The van der Waals surface area contributed by atoms with Gasteiger partial charge in [0.2, 0.25) is 0 Å². The quantitative estimate of drug-likeness (QED) is 0.491. The molecule has 0 aliphatic carbocycles. The lowest BCUT2D eigenvalue weighted by molar-refractivity contribution is 0.0949. The molecule has 158 valence electrons. The summed E-state index contributed by atoms with van der Waals surface area (Å²) >= 11 is 0. The largest absolute Gasteiger partial charge is 0.493 e. The van der Waals surface area contributed by atoms with Gasteiger partial charge < -0.3 is 19.4 Å². The minimum Gasteiger partial charge on any atom is -0.493 e. The Morgan fingerprint density at radius 3 is 2.87 bits per heavy atom. The average Bonchev–Trinajstić information content (AvgIpc) is 3.44. The van der Waals surface area contributed by atoms with Crippen LogP contribution in [0.25, 0.3) is 21.9 Å². The summed E-state index contributed by atoms with van der Waals surface area (Å²) in [5.74, 6) is 0.491. The van der Waals surface area contributed by atoms with Gasteiger partial charge in [-0.15, -0.1) is 0 Å². The molecular weight excluding hydrogens is 390 g/mol. The van der Waals surface area contributed by atoms with E-state index in [-0.39, 0.29) is 11.9 Å². The van der Waals surface area contributed by atoms with Gasteiger partial charge in [0, 0.05) is 13.1 Å². The number of nitrogens with zero attached hydrogens (tertiary/aromatic N) is 2. The molecule has 0 radical (unpaired) electrons. The molecule has 3 aromatic carbocycles. The molecule has 6 nitrogen and oxygen atoms in total. The van der Waals surface area contributed by atoms with E-state index >= 15 is 0 Å². The van der Waals surface area contributed by atoms with Crippen molar-refractivity contribution < 1.29 is 13.9 Å². The topological polar surface area (TPSA) is 67.6 Å². The SMILES string of the molecule is CCOc1ccc2ccccc2c1C(=O)NCC1CCCN1c1nc2ccccc2o1. The number of hydrogen-bond acceptors (Lipinski definition) is 5. The third-order valence-electron chi connectivity index (χ3n) is 5.82. The van der Waals surface area contributed by atoms with Crippen molar-refractivity contribution >= 4 is 33.8 Å². The zero-order chi connectivity index (χ0) is 21.2. The van der Waals surface area contributed by atoms with Crippen molar-refractivity contribution in [2.75, 3.05) is 24.6 Å². The number of rotatable bonds is 6. The predicted octanol–water partition coefficient (Wildman–Crippen LogP) is 4.78. The average molecular weight is 415 g/mol. The van der Waals surface area contributed by atoms with Crippen LogP contribution in [0.15, 0.2) is 65.1 Å². The number of hydrogen-bond donors (Lipinski definition) is 1. The number of para-hydroxylation sites is 2. The second-order valence-electron chi connectivity index (χ2n) is 7.76. The molecule has 2 heterocycles. The maximum atomic E-state index is 13.2. The summed E-state index contributed by atoms with van der Waals surface area (Å²) in [5, 5.41) is 5.05. The minimum absolute atomic E-state index is 0.121. The molecule has 1 aromatic heterocycles. The van der Waals surface area contributed by atoms with Gasteiger partial charge in [-0.2, -0.15) is 4.98 Å². The molecule has 0 bridgehead atoms. The Bertz CT molecular complexity index is 1200. The number of ether oxygens (including phenoxy) is 1. The highest BCUT2D eigenvalue weighted by Gasteiger charge is 2.29. The van der Waals surface area contributed by atoms with Gasteiger partial charge in [0.15, 0.2) is 5.58 Å². The molecule has 4 aromatic rings. The molecule has 31 heavy (non-hydrogen) atoms. The van der Waals surface area contributed by atoms with E-state index < -0.39 is 0 Å². The van der Waals surface area contributed by atoms with E-state index in [1.165, 1.54) is 0 Å². The van der Waals surface area contributed by atoms with Crippen LogP contribution < -0.4 is 15.0 Å². The first-order chi connectivity index (χ1) is 15.2. The molecule has 1 amide bonds. The fourth-order valence-corrected chi connectivity index (χ4v) is 4.34. The van der Waals surface area contributed by atoms with Gasteiger partial charge in [-0.1, -0.05) is 42.5 Å². The van der Waals surface area contributed by atoms with Crippen LogP contribution in [-0.2, 0) is 0 Å². The van der Waals surface area contributed by atoms with Gasteiger partial charge in [-0.3, -0.25) is 4.79 Å².